The number of hydrogen-bond acceptors (Lipinski definition) is 6. The van der Waals surface area contributed by atoms with Crippen molar-refractivity contribution in [3.05, 3.63) is 46.4 Å². The largest absolute Gasteiger partial charge is 0.350 e. The van der Waals surface area contributed by atoms with E-state index in [0.717, 1.165) is 23.2 Å². The number of thiophene rings is 1. The predicted molar refractivity (Wildman–Crippen MR) is 107 cm³/mol. The second-order valence-corrected chi connectivity index (χ2v) is 8.68. The second-order valence-electron chi connectivity index (χ2n) is 6.74. The van der Waals surface area contributed by atoms with E-state index in [-0.39, 0.29) is 11.2 Å². The van der Waals surface area contributed by atoms with E-state index in [1.54, 1.807) is 23.6 Å². The molecule has 4 nitrogen and oxygen atoms in total. The predicted octanol–water partition coefficient (Wildman–Crippen LogP) is 5.39. The summed E-state index contributed by atoms with van der Waals surface area (Å²) < 4.78 is 29.8. The van der Waals surface area contributed by atoms with Crippen LogP contribution in [0.15, 0.2) is 29.9 Å². The van der Waals surface area contributed by atoms with Crippen molar-refractivity contribution in [3.8, 4) is 0 Å². The van der Waals surface area contributed by atoms with Gasteiger partial charge in [0, 0.05) is 28.4 Å². The van der Waals surface area contributed by atoms with Crippen molar-refractivity contribution in [1.82, 2.24) is 15.3 Å². The Kier molecular flexibility index (Phi) is 4.07. The van der Waals surface area contributed by atoms with Crippen LogP contribution in [-0.2, 0) is 0 Å². The summed E-state index contributed by atoms with van der Waals surface area (Å²) in [6, 6.07) is 5.58. The summed E-state index contributed by atoms with van der Waals surface area (Å²) in [5.41, 5.74) is 2.17. The number of hydrogen-bond donors (Lipinski definition) is 2. The van der Waals surface area contributed by atoms with Crippen molar-refractivity contribution in [1.29, 1.82) is 0 Å². The van der Waals surface area contributed by atoms with Gasteiger partial charge in [-0.1, -0.05) is 0 Å². The van der Waals surface area contributed by atoms with Crippen molar-refractivity contribution in [2.75, 3.05) is 11.9 Å². The molecule has 1 aliphatic rings. The maximum atomic E-state index is 14.8. The zero-order chi connectivity index (χ0) is 18.5. The van der Waals surface area contributed by atoms with E-state index in [9.17, 15) is 8.78 Å². The summed E-state index contributed by atoms with van der Waals surface area (Å²) in [4.78, 5) is 10.6. The third kappa shape index (κ3) is 2.79. The minimum absolute atomic E-state index is 0.176. The van der Waals surface area contributed by atoms with Crippen LogP contribution in [0.25, 0.3) is 20.4 Å². The van der Waals surface area contributed by atoms with Crippen molar-refractivity contribution in [2.45, 2.75) is 25.3 Å². The molecule has 2 N–H and O–H groups in total. The van der Waals surface area contributed by atoms with Crippen LogP contribution in [0.1, 0.15) is 24.1 Å². The van der Waals surface area contributed by atoms with Crippen LogP contribution >= 0.6 is 22.7 Å². The van der Waals surface area contributed by atoms with E-state index in [0.29, 0.717) is 22.3 Å². The molecule has 1 aromatic carbocycles. The second kappa shape index (κ2) is 6.47. The first-order chi connectivity index (χ1) is 13.1. The number of nitrogens with one attached hydrogen (secondary N) is 2. The van der Waals surface area contributed by atoms with Gasteiger partial charge in [0.1, 0.15) is 16.0 Å². The minimum atomic E-state index is -0.666. The van der Waals surface area contributed by atoms with Crippen molar-refractivity contribution >= 4 is 54.5 Å². The van der Waals surface area contributed by atoms with Crippen molar-refractivity contribution in [3.63, 3.8) is 0 Å². The molecule has 0 radical (unpaired) electrons. The molecule has 0 aliphatic carbocycles. The Morgan fingerprint density at radius 1 is 1.26 bits per heavy atom. The summed E-state index contributed by atoms with van der Waals surface area (Å²) in [5, 5.41) is 7.29. The highest BCUT2D eigenvalue weighted by Gasteiger charge is 2.26. The number of pyridine rings is 1. The SMILES string of the molecule is C[C@@H]1NCC[C@H]1c1cc2c(Nc3c(F)cc4scnc4c3F)ccnc2s1. The smallest absolute Gasteiger partial charge is 0.176 e. The van der Waals surface area contributed by atoms with Gasteiger partial charge in [-0.2, -0.15) is 0 Å². The van der Waals surface area contributed by atoms with Crippen LogP contribution in [0.2, 0.25) is 0 Å². The molecule has 138 valence electrons. The molecule has 1 aliphatic heterocycles. The standard InChI is InChI=1S/C19H16F2N4S2/c1-9-10(2-4-22-9)14-6-11-13(3-5-23-19(11)27-14)25-17-12(20)7-15-18(16(17)21)24-8-26-15/h3,5-10,22H,2,4H2,1H3,(H,23,25)/t9-,10+/m0/s1. The molecule has 0 unspecified atom stereocenters. The van der Waals surface area contributed by atoms with E-state index >= 15 is 0 Å². The molecule has 8 heteroatoms. The number of nitrogens with zero attached hydrogens (tertiary/aromatic N) is 2. The highest BCUT2D eigenvalue weighted by molar-refractivity contribution is 7.18. The highest BCUT2D eigenvalue weighted by atomic mass is 32.1. The maximum Gasteiger partial charge on any atom is 0.176 e. The van der Waals surface area contributed by atoms with E-state index in [1.165, 1.54) is 27.8 Å². The first kappa shape index (κ1) is 17.0. The summed E-state index contributed by atoms with van der Waals surface area (Å²) in [6.45, 7) is 3.19. The molecular weight excluding hydrogens is 386 g/mol. The molecule has 5 rings (SSSR count). The van der Waals surface area contributed by atoms with Gasteiger partial charge >= 0.3 is 0 Å². The van der Waals surface area contributed by atoms with Crippen LogP contribution < -0.4 is 10.6 Å². The number of anilines is 2. The molecule has 0 saturated carbocycles. The Morgan fingerprint density at radius 3 is 2.96 bits per heavy atom. The molecule has 4 aromatic rings. The minimum Gasteiger partial charge on any atom is -0.350 e. The zero-order valence-corrected chi connectivity index (χ0v) is 16.1. The fraction of sp³-hybridized carbons (Fsp3) is 0.263. The summed E-state index contributed by atoms with van der Waals surface area (Å²) in [5.74, 6) is -0.851. The number of thiazole rings is 1. The highest BCUT2D eigenvalue weighted by Crippen LogP contribution is 2.39. The molecule has 3 aromatic heterocycles. The van der Waals surface area contributed by atoms with Gasteiger partial charge in [-0.15, -0.1) is 22.7 Å². The summed E-state index contributed by atoms with van der Waals surface area (Å²) in [6.07, 6.45) is 2.75. The van der Waals surface area contributed by atoms with Crippen LogP contribution in [0.3, 0.4) is 0 Å². The lowest BCUT2D eigenvalue weighted by atomic mass is 10.00. The Hall–Kier alpha value is -2.16. The number of halogens is 2. The van der Waals surface area contributed by atoms with Crippen LogP contribution in [0.5, 0.6) is 0 Å². The molecule has 27 heavy (non-hydrogen) atoms. The molecule has 1 saturated heterocycles. The lowest BCUT2D eigenvalue weighted by molar-refractivity contribution is 0.598. The third-order valence-electron chi connectivity index (χ3n) is 5.12. The van der Waals surface area contributed by atoms with Gasteiger partial charge in [-0.3, -0.25) is 0 Å². The monoisotopic (exact) mass is 402 g/mol. The topological polar surface area (TPSA) is 49.8 Å². The zero-order valence-electron chi connectivity index (χ0n) is 14.4. The molecule has 2 atom stereocenters. The summed E-state index contributed by atoms with van der Waals surface area (Å²) in [7, 11) is 0. The first-order valence-electron chi connectivity index (χ1n) is 8.72. The lowest BCUT2D eigenvalue weighted by Gasteiger charge is -2.12. The van der Waals surface area contributed by atoms with Gasteiger partial charge in [-0.05, 0) is 38.1 Å². The van der Waals surface area contributed by atoms with Gasteiger partial charge in [0.05, 0.1) is 15.9 Å². The number of rotatable bonds is 3. The van der Waals surface area contributed by atoms with Gasteiger partial charge in [-0.25, -0.2) is 18.7 Å². The number of fused-ring (bicyclic) bond motifs is 2. The maximum absolute atomic E-state index is 14.8. The van der Waals surface area contributed by atoms with Gasteiger partial charge in [0.25, 0.3) is 0 Å². The molecule has 1 fully saturated rings. The van der Waals surface area contributed by atoms with Crippen molar-refractivity contribution in [2.24, 2.45) is 0 Å². The van der Waals surface area contributed by atoms with E-state index in [2.05, 4.69) is 33.6 Å². The third-order valence-corrected chi connectivity index (χ3v) is 7.07. The fourth-order valence-corrected chi connectivity index (χ4v) is 5.64. The van der Waals surface area contributed by atoms with Gasteiger partial charge in [0.2, 0.25) is 0 Å². The molecule has 0 spiro atoms. The van der Waals surface area contributed by atoms with E-state index < -0.39 is 11.6 Å². The van der Waals surface area contributed by atoms with Crippen molar-refractivity contribution < 1.29 is 8.78 Å². The quantitative estimate of drug-likeness (QED) is 0.482. The average Bonchev–Trinajstić information content (AvgIpc) is 3.37. The molecule has 0 amide bonds. The molecule has 4 heterocycles. The first-order valence-corrected chi connectivity index (χ1v) is 10.4. The number of benzene rings is 1. The van der Waals surface area contributed by atoms with Crippen LogP contribution in [-0.4, -0.2) is 22.6 Å². The van der Waals surface area contributed by atoms with E-state index in [1.807, 2.05) is 0 Å². The number of aromatic nitrogens is 2. The Balaban J connectivity index is 1.58. The Morgan fingerprint density at radius 2 is 2.15 bits per heavy atom. The van der Waals surface area contributed by atoms with E-state index in [4.69, 9.17) is 0 Å². The Labute approximate surface area is 162 Å². The van der Waals surface area contributed by atoms with Crippen LogP contribution in [0, 0.1) is 11.6 Å². The molecule has 0 bridgehead atoms. The van der Waals surface area contributed by atoms with Gasteiger partial charge < -0.3 is 10.6 Å². The molecular formula is C19H16F2N4S2. The lowest BCUT2D eigenvalue weighted by Crippen LogP contribution is -2.20. The Bertz CT molecular complexity index is 1150. The fourth-order valence-electron chi connectivity index (χ4n) is 3.68. The average molecular weight is 402 g/mol. The summed E-state index contributed by atoms with van der Waals surface area (Å²) >= 11 is 2.86. The van der Waals surface area contributed by atoms with Crippen LogP contribution in [0.4, 0.5) is 20.2 Å². The normalized spacial score (nSPS) is 20.0. The van der Waals surface area contributed by atoms with Gasteiger partial charge in [0.15, 0.2) is 11.6 Å².